The second kappa shape index (κ2) is 7.69. The molecule has 0 bridgehead atoms. The Morgan fingerprint density at radius 2 is 1.62 bits per heavy atom. The predicted octanol–water partition coefficient (Wildman–Crippen LogP) is 3.56. The molecule has 0 radical (unpaired) electrons. The second-order valence-electron chi connectivity index (χ2n) is 7.55. The van der Waals surface area contributed by atoms with Gasteiger partial charge in [-0.2, -0.15) is 0 Å². The van der Waals surface area contributed by atoms with E-state index in [1.165, 1.54) is 0 Å². The molecular formula is C19H28N2O3. The average molecular weight is 332 g/mol. The van der Waals surface area contributed by atoms with E-state index in [2.05, 4.69) is 10.6 Å². The van der Waals surface area contributed by atoms with Gasteiger partial charge >= 0.3 is 6.09 Å². The zero-order chi connectivity index (χ0) is 17.7. The first-order valence-corrected chi connectivity index (χ1v) is 8.60. The van der Waals surface area contributed by atoms with Crippen molar-refractivity contribution in [2.75, 3.05) is 0 Å². The number of benzene rings is 1. The maximum Gasteiger partial charge on any atom is 0.407 e. The van der Waals surface area contributed by atoms with Crippen LogP contribution in [0.5, 0.6) is 0 Å². The first-order chi connectivity index (χ1) is 11.2. The van der Waals surface area contributed by atoms with Gasteiger partial charge in [0.05, 0.1) is 0 Å². The van der Waals surface area contributed by atoms with Crippen molar-refractivity contribution in [1.29, 1.82) is 0 Å². The Labute approximate surface area is 144 Å². The fourth-order valence-corrected chi connectivity index (χ4v) is 2.90. The third-order valence-electron chi connectivity index (χ3n) is 4.04. The number of ether oxygens (including phenoxy) is 1. The topological polar surface area (TPSA) is 67.4 Å². The number of rotatable bonds is 3. The van der Waals surface area contributed by atoms with Crippen molar-refractivity contribution in [3.05, 3.63) is 35.4 Å². The summed E-state index contributed by atoms with van der Waals surface area (Å²) in [4.78, 5) is 24.2. The largest absolute Gasteiger partial charge is 0.444 e. The van der Waals surface area contributed by atoms with Gasteiger partial charge in [-0.15, -0.1) is 0 Å². The fourth-order valence-electron chi connectivity index (χ4n) is 2.90. The molecule has 1 aliphatic rings. The van der Waals surface area contributed by atoms with Gasteiger partial charge in [0.2, 0.25) is 0 Å². The van der Waals surface area contributed by atoms with Crippen molar-refractivity contribution in [2.24, 2.45) is 0 Å². The van der Waals surface area contributed by atoms with Gasteiger partial charge in [-0.1, -0.05) is 17.7 Å². The molecule has 0 spiro atoms. The van der Waals surface area contributed by atoms with E-state index in [1.807, 2.05) is 52.0 Å². The van der Waals surface area contributed by atoms with E-state index in [1.54, 1.807) is 0 Å². The lowest BCUT2D eigenvalue weighted by Crippen LogP contribution is -2.46. The maximum atomic E-state index is 12.3. The number of carbonyl (C=O) groups is 2. The van der Waals surface area contributed by atoms with Gasteiger partial charge in [0, 0.05) is 17.6 Å². The molecule has 0 saturated heterocycles. The third kappa shape index (κ3) is 5.87. The lowest BCUT2D eigenvalue weighted by atomic mass is 9.91. The van der Waals surface area contributed by atoms with Gasteiger partial charge in [0.15, 0.2) is 0 Å². The van der Waals surface area contributed by atoms with Gasteiger partial charge in [-0.05, 0) is 65.5 Å². The van der Waals surface area contributed by atoms with E-state index in [4.69, 9.17) is 4.74 Å². The average Bonchev–Trinajstić information content (AvgIpc) is 2.46. The zero-order valence-electron chi connectivity index (χ0n) is 15.0. The summed E-state index contributed by atoms with van der Waals surface area (Å²) in [6.07, 6.45) is 3.16. The molecule has 2 atom stereocenters. The van der Waals surface area contributed by atoms with E-state index in [0.717, 1.165) is 31.2 Å². The van der Waals surface area contributed by atoms with E-state index in [-0.39, 0.29) is 18.0 Å². The Morgan fingerprint density at radius 1 is 1.04 bits per heavy atom. The van der Waals surface area contributed by atoms with Crippen LogP contribution < -0.4 is 10.6 Å². The summed E-state index contributed by atoms with van der Waals surface area (Å²) in [5.41, 5.74) is 1.30. The van der Waals surface area contributed by atoms with E-state index >= 15 is 0 Å². The molecule has 2 unspecified atom stereocenters. The molecule has 2 rings (SSSR count). The Kier molecular flexibility index (Phi) is 5.86. The van der Waals surface area contributed by atoms with Crippen molar-refractivity contribution < 1.29 is 14.3 Å². The van der Waals surface area contributed by atoms with Crippen LogP contribution in [0, 0.1) is 6.92 Å². The Morgan fingerprint density at radius 3 is 2.21 bits per heavy atom. The standard InChI is InChI=1S/C19H28N2O3/c1-13-8-10-14(11-9-13)17(22)20-15-6-5-7-16(12-15)21-18(23)24-19(2,3)4/h8-11,15-16H,5-7,12H2,1-4H3,(H,20,22)(H,21,23). The van der Waals surface area contributed by atoms with Crippen LogP contribution in [0.15, 0.2) is 24.3 Å². The Balaban J connectivity index is 1.85. The molecule has 132 valence electrons. The molecule has 5 nitrogen and oxygen atoms in total. The quantitative estimate of drug-likeness (QED) is 0.889. The molecule has 0 aliphatic heterocycles. The van der Waals surface area contributed by atoms with Gasteiger partial charge in [0.25, 0.3) is 5.91 Å². The molecular weight excluding hydrogens is 304 g/mol. The fraction of sp³-hybridized carbons (Fsp3) is 0.579. The first-order valence-electron chi connectivity index (χ1n) is 8.60. The van der Waals surface area contributed by atoms with Crippen molar-refractivity contribution in [2.45, 2.75) is 71.1 Å². The Hall–Kier alpha value is -2.04. The number of hydrogen-bond acceptors (Lipinski definition) is 3. The highest BCUT2D eigenvalue weighted by atomic mass is 16.6. The van der Waals surface area contributed by atoms with Crippen LogP contribution >= 0.6 is 0 Å². The van der Waals surface area contributed by atoms with Crippen LogP contribution in [-0.2, 0) is 4.74 Å². The lowest BCUT2D eigenvalue weighted by molar-refractivity contribution is 0.0489. The van der Waals surface area contributed by atoms with Crippen molar-refractivity contribution in [3.63, 3.8) is 0 Å². The third-order valence-corrected chi connectivity index (χ3v) is 4.04. The highest BCUT2D eigenvalue weighted by Crippen LogP contribution is 2.20. The molecule has 1 fully saturated rings. The maximum absolute atomic E-state index is 12.3. The summed E-state index contributed by atoms with van der Waals surface area (Å²) in [5, 5.41) is 5.99. The number of amides is 2. The number of hydrogen-bond donors (Lipinski definition) is 2. The lowest BCUT2D eigenvalue weighted by Gasteiger charge is -2.31. The molecule has 2 amide bonds. The van der Waals surface area contributed by atoms with Crippen molar-refractivity contribution in [3.8, 4) is 0 Å². The molecule has 5 heteroatoms. The van der Waals surface area contributed by atoms with E-state index < -0.39 is 11.7 Å². The predicted molar refractivity (Wildman–Crippen MR) is 94.1 cm³/mol. The first kappa shape index (κ1) is 18.3. The summed E-state index contributed by atoms with van der Waals surface area (Å²) in [6, 6.07) is 7.66. The summed E-state index contributed by atoms with van der Waals surface area (Å²) < 4.78 is 5.30. The van der Waals surface area contributed by atoms with Gasteiger partial charge in [0.1, 0.15) is 5.60 Å². The van der Waals surface area contributed by atoms with Crippen LogP contribution in [0.25, 0.3) is 0 Å². The smallest absolute Gasteiger partial charge is 0.407 e. The van der Waals surface area contributed by atoms with Gasteiger partial charge in [-0.25, -0.2) is 4.79 Å². The highest BCUT2D eigenvalue weighted by Gasteiger charge is 2.26. The number of alkyl carbamates (subject to hydrolysis) is 1. The minimum Gasteiger partial charge on any atom is -0.444 e. The number of aryl methyl sites for hydroxylation is 1. The molecule has 1 aromatic carbocycles. The molecule has 0 heterocycles. The molecule has 0 aromatic heterocycles. The SMILES string of the molecule is Cc1ccc(C(=O)NC2CCCC(NC(=O)OC(C)(C)C)C2)cc1. The Bertz CT molecular complexity index is 575. The van der Waals surface area contributed by atoms with Crippen molar-refractivity contribution in [1.82, 2.24) is 10.6 Å². The molecule has 1 aliphatic carbocycles. The van der Waals surface area contributed by atoms with Crippen LogP contribution in [0.3, 0.4) is 0 Å². The van der Waals surface area contributed by atoms with E-state index in [0.29, 0.717) is 5.56 Å². The second-order valence-corrected chi connectivity index (χ2v) is 7.55. The van der Waals surface area contributed by atoms with Crippen molar-refractivity contribution >= 4 is 12.0 Å². The summed E-state index contributed by atoms with van der Waals surface area (Å²) in [7, 11) is 0. The van der Waals surface area contributed by atoms with Gasteiger partial charge in [-0.3, -0.25) is 4.79 Å². The van der Waals surface area contributed by atoms with E-state index in [9.17, 15) is 9.59 Å². The normalized spacial score (nSPS) is 21.0. The van der Waals surface area contributed by atoms with Gasteiger partial charge < -0.3 is 15.4 Å². The summed E-state index contributed by atoms with van der Waals surface area (Å²) in [5.74, 6) is -0.0575. The minimum absolute atomic E-state index is 0.0388. The molecule has 2 N–H and O–H groups in total. The molecule has 1 aromatic rings. The molecule has 1 saturated carbocycles. The monoisotopic (exact) mass is 332 g/mol. The minimum atomic E-state index is -0.502. The number of carbonyl (C=O) groups excluding carboxylic acids is 2. The van der Waals surface area contributed by atoms with Crippen LogP contribution in [0.2, 0.25) is 0 Å². The highest BCUT2D eigenvalue weighted by molar-refractivity contribution is 5.94. The zero-order valence-corrected chi connectivity index (χ0v) is 15.0. The van der Waals surface area contributed by atoms with Crippen LogP contribution in [0.1, 0.15) is 62.4 Å². The molecule has 24 heavy (non-hydrogen) atoms. The summed E-state index contributed by atoms with van der Waals surface area (Å²) in [6.45, 7) is 7.53. The summed E-state index contributed by atoms with van der Waals surface area (Å²) >= 11 is 0. The van der Waals surface area contributed by atoms with Crippen LogP contribution in [0.4, 0.5) is 4.79 Å². The van der Waals surface area contributed by atoms with Crippen LogP contribution in [-0.4, -0.2) is 29.7 Å². The number of nitrogens with one attached hydrogen (secondary N) is 2.